The van der Waals surface area contributed by atoms with Crippen LogP contribution in [0.15, 0.2) is 30.5 Å². The van der Waals surface area contributed by atoms with Gasteiger partial charge in [-0.25, -0.2) is 9.37 Å². The van der Waals surface area contributed by atoms with Gasteiger partial charge >= 0.3 is 0 Å². The third-order valence-corrected chi connectivity index (χ3v) is 4.88. The minimum Gasteiger partial charge on any atom is -0.504 e. The number of aromatic nitrogens is 2. The van der Waals surface area contributed by atoms with E-state index in [1.54, 1.807) is 30.8 Å². The van der Waals surface area contributed by atoms with E-state index in [1.165, 1.54) is 23.1 Å². The van der Waals surface area contributed by atoms with Crippen LogP contribution in [-0.4, -0.2) is 45.2 Å². The minimum absolute atomic E-state index is 0.00365. The summed E-state index contributed by atoms with van der Waals surface area (Å²) in [6.45, 7) is 3.66. The fourth-order valence-electron chi connectivity index (χ4n) is 3.16. The molecule has 0 atom stereocenters. The quantitative estimate of drug-likeness (QED) is 0.686. The van der Waals surface area contributed by atoms with Crippen molar-refractivity contribution in [1.82, 2.24) is 14.3 Å². The van der Waals surface area contributed by atoms with Crippen LogP contribution in [0.25, 0.3) is 5.65 Å². The standard InChI is InChI=1S/C21H22FN3O3/c1-12-13(2)25-11-16(21(28)24(3)4)14(19(27)20(25)23-12)9-10-18(26)15-7-5-6-8-17(15)22/h5-8,11,27H,9-10H2,1-4H3. The summed E-state index contributed by atoms with van der Waals surface area (Å²) in [5.74, 6) is -1.41. The zero-order chi connectivity index (χ0) is 20.6. The smallest absolute Gasteiger partial charge is 0.255 e. The highest BCUT2D eigenvalue weighted by Crippen LogP contribution is 2.30. The maximum Gasteiger partial charge on any atom is 0.255 e. The van der Waals surface area contributed by atoms with E-state index in [0.717, 1.165) is 11.4 Å². The molecule has 1 amide bonds. The number of Topliss-reactive ketones (excluding diaryl/α,β-unsaturated/α-hetero) is 1. The molecule has 0 saturated heterocycles. The molecule has 0 saturated carbocycles. The lowest BCUT2D eigenvalue weighted by atomic mass is 9.98. The van der Waals surface area contributed by atoms with Gasteiger partial charge < -0.3 is 14.4 Å². The first kappa shape index (κ1) is 19.5. The second-order valence-corrected chi connectivity index (χ2v) is 6.95. The van der Waals surface area contributed by atoms with Crippen molar-refractivity contribution in [3.05, 3.63) is 64.4 Å². The molecule has 0 aliphatic rings. The van der Waals surface area contributed by atoms with E-state index < -0.39 is 11.6 Å². The summed E-state index contributed by atoms with van der Waals surface area (Å²) in [6, 6.07) is 5.77. The van der Waals surface area contributed by atoms with Crippen LogP contribution < -0.4 is 0 Å². The molecule has 3 rings (SSSR count). The first-order chi connectivity index (χ1) is 13.2. The zero-order valence-corrected chi connectivity index (χ0v) is 16.3. The van der Waals surface area contributed by atoms with E-state index >= 15 is 0 Å². The fraction of sp³-hybridized carbons (Fsp3) is 0.286. The Balaban J connectivity index is 2.04. The average molecular weight is 383 g/mol. The number of benzene rings is 1. The van der Waals surface area contributed by atoms with Gasteiger partial charge in [-0.05, 0) is 32.4 Å². The van der Waals surface area contributed by atoms with Crippen LogP contribution in [0.4, 0.5) is 4.39 Å². The van der Waals surface area contributed by atoms with Crippen molar-refractivity contribution in [1.29, 1.82) is 0 Å². The first-order valence-corrected chi connectivity index (χ1v) is 8.91. The molecule has 2 heterocycles. The van der Waals surface area contributed by atoms with Crippen LogP contribution in [0.2, 0.25) is 0 Å². The number of rotatable bonds is 5. The number of hydrogen-bond acceptors (Lipinski definition) is 4. The Morgan fingerprint density at radius 3 is 2.50 bits per heavy atom. The highest BCUT2D eigenvalue weighted by Gasteiger charge is 2.23. The van der Waals surface area contributed by atoms with Crippen molar-refractivity contribution >= 4 is 17.3 Å². The summed E-state index contributed by atoms with van der Waals surface area (Å²) in [5.41, 5.74) is 2.50. The van der Waals surface area contributed by atoms with E-state index in [4.69, 9.17) is 0 Å². The van der Waals surface area contributed by atoms with Gasteiger partial charge in [0.05, 0.1) is 16.8 Å². The number of hydrogen-bond donors (Lipinski definition) is 1. The fourth-order valence-corrected chi connectivity index (χ4v) is 3.16. The zero-order valence-electron chi connectivity index (χ0n) is 16.3. The second kappa shape index (κ2) is 7.42. The van der Waals surface area contributed by atoms with Crippen molar-refractivity contribution in [2.45, 2.75) is 26.7 Å². The molecule has 0 radical (unpaired) electrons. The molecule has 1 aromatic carbocycles. The normalized spacial score (nSPS) is 11.0. The number of carbonyl (C=O) groups excluding carboxylic acids is 2. The molecule has 146 valence electrons. The average Bonchev–Trinajstić information content (AvgIpc) is 2.95. The molecular formula is C21H22FN3O3. The lowest BCUT2D eigenvalue weighted by Gasteiger charge is -2.16. The van der Waals surface area contributed by atoms with Crippen molar-refractivity contribution in [3.63, 3.8) is 0 Å². The number of aromatic hydroxyl groups is 1. The highest BCUT2D eigenvalue weighted by atomic mass is 19.1. The first-order valence-electron chi connectivity index (χ1n) is 8.91. The number of ketones is 1. The predicted octanol–water partition coefficient (Wildman–Crippen LogP) is 3.31. The van der Waals surface area contributed by atoms with Gasteiger partial charge in [0, 0.05) is 38.0 Å². The summed E-state index contributed by atoms with van der Waals surface area (Å²) in [4.78, 5) is 30.9. The molecule has 0 spiro atoms. The van der Waals surface area contributed by atoms with Crippen LogP contribution in [0.5, 0.6) is 5.75 Å². The number of halogens is 1. The van der Waals surface area contributed by atoms with E-state index in [0.29, 0.717) is 11.2 Å². The predicted molar refractivity (Wildman–Crippen MR) is 103 cm³/mol. The number of fused-ring (bicyclic) bond motifs is 1. The van der Waals surface area contributed by atoms with E-state index in [1.807, 2.05) is 13.8 Å². The Morgan fingerprint density at radius 2 is 1.86 bits per heavy atom. The molecule has 2 aromatic heterocycles. The minimum atomic E-state index is -0.587. The number of imidazole rings is 1. The molecular weight excluding hydrogens is 361 g/mol. The second-order valence-electron chi connectivity index (χ2n) is 6.95. The Bertz CT molecular complexity index is 1090. The summed E-state index contributed by atoms with van der Waals surface area (Å²) in [7, 11) is 3.23. The molecule has 1 N–H and O–H groups in total. The largest absolute Gasteiger partial charge is 0.504 e. The van der Waals surface area contributed by atoms with Crippen LogP contribution in [0.3, 0.4) is 0 Å². The summed E-state index contributed by atoms with van der Waals surface area (Å²) < 4.78 is 15.5. The topological polar surface area (TPSA) is 74.9 Å². The summed E-state index contributed by atoms with van der Waals surface area (Å²) in [5, 5.41) is 10.8. The van der Waals surface area contributed by atoms with Crippen LogP contribution >= 0.6 is 0 Å². The SMILES string of the molecule is Cc1nc2c(O)c(CCC(=O)c3ccccc3F)c(C(=O)N(C)C)cn2c1C. The third kappa shape index (κ3) is 3.35. The monoisotopic (exact) mass is 383 g/mol. The number of pyridine rings is 1. The third-order valence-electron chi connectivity index (χ3n) is 4.88. The number of carbonyl (C=O) groups is 2. The molecule has 0 fully saturated rings. The van der Waals surface area contributed by atoms with Gasteiger partial charge in [-0.15, -0.1) is 0 Å². The number of amides is 1. The molecule has 0 unspecified atom stereocenters. The van der Waals surface area contributed by atoms with Crippen molar-refractivity contribution in [2.75, 3.05) is 14.1 Å². The van der Waals surface area contributed by atoms with Gasteiger partial charge in [-0.2, -0.15) is 0 Å². The molecule has 7 heteroatoms. The Kier molecular flexibility index (Phi) is 5.18. The van der Waals surface area contributed by atoms with Crippen LogP contribution in [-0.2, 0) is 6.42 Å². The summed E-state index contributed by atoms with van der Waals surface area (Å²) >= 11 is 0. The van der Waals surface area contributed by atoms with E-state index in [-0.39, 0.29) is 35.6 Å². The Labute approximate surface area is 162 Å². The van der Waals surface area contributed by atoms with Crippen molar-refractivity contribution in [3.8, 4) is 5.75 Å². The maximum absolute atomic E-state index is 13.9. The van der Waals surface area contributed by atoms with Crippen LogP contribution in [0.1, 0.15) is 44.1 Å². The Hall–Kier alpha value is -3.22. The molecule has 3 aromatic rings. The van der Waals surface area contributed by atoms with Gasteiger partial charge in [0.1, 0.15) is 5.82 Å². The molecule has 0 aliphatic carbocycles. The van der Waals surface area contributed by atoms with Gasteiger partial charge in [0.2, 0.25) is 0 Å². The molecule has 0 aliphatic heterocycles. The van der Waals surface area contributed by atoms with Crippen molar-refractivity contribution in [2.24, 2.45) is 0 Å². The molecule has 6 nitrogen and oxygen atoms in total. The van der Waals surface area contributed by atoms with Gasteiger partial charge in [-0.1, -0.05) is 12.1 Å². The van der Waals surface area contributed by atoms with E-state index in [2.05, 4.69) is 4.98 Å². The van der Waals surface area contributed by atoms with E-state index in [9.17, 15) is 19.1 Å². The van der Waals surface area contributed by atoms with Crippen LogP contribution in [0, 0.1) is 19.7 Å². The highest BCUT2D eigenvalue weighted by molar-refractivity contribution is 5.98. The van der Waals surface area contributed by atoms with Gasteiger partial charge in [0.25, 0.3) is 5.91 Å². The Morgan fingerprint density at radius 1 is 1.18 bits per heavy atom. The maximum atomic E-state index is 13.9. The molecule has 28 heavy (non-hydrogen) atoms. The number of aryl methyl sites for hydroxylation is 2. The number of nitrogens with zero attached hydrogens (tertiary/aromatic N) is 3. The molecule has 0 bridgehead atoms. The van der Waals surface area contributed by atoms with Crippen molar-refractivity contribution < 1.29 is 19.1 Å². The summed E-state index contributed by atoms with van der Waals surface area (Å²) in [6.07, 6.45) is 1.68. The van der Waals surface area contributed by atoms with Gasteiger partial charge in [-0.3, -0.25) is 9.59 Å². The van der Waals surface area contributed by atoms with Gasteiger partial charge in [0.15, 0.2) is 17.2 Å². The lowest BCUT2D eigenvalue weighted by molar-refractivity contribution is 0.0824. The lowest BCUT2D eigenvalue weighted by Crippen LogP contribution is -2.24.